The molecule has 0 aliphatic heterocycles. The number of rotatable bonds is 1. The molecule has 10 heavy (non-hydrogen) atoms. The van der Waals surface area contributed by atoms with Crippen molar-refractivity contribution in [1.29, 1.82) is 0 Å². The van der Waals surface area contributed by atoms with Crippen molar-refractivity contribution in [3.05, 3.63) is 17.0 Å². The van der Waals surface area contributed by atoms with Crippen molar-refractivity contribution >= 4 is 0 Å². The lowest BCUT2D eigenvalue weighted by Crippen LogP contribution is -1.84. The standard InChI is InChI=1S/C8H9NO/c1-4-5-8-6(2)9-10-7(8)3/h1H,5H2,2-3H3. The van der Waals surface area contributed by atoms with E-state index in [4.69, 9.17) is 10.9 Å². The van der Waals surface area contributed by atoms with Gasteiger partial charge in [0.1, 0.15) is 5.76 Å². The molecule has 1 aromatic heterocycles. The van der Waals surface area contributed by atoms with Crippen molar-refractivity contribution < 1.29 is 4.52 Å². The van der Waals surface area contributed by atoms with Gasteiger partial charge in [-0.2, -0.15) is 0 Å². The van der Waals surface area contributed by atoms with E-state index in [1.54, 1.807) is 0 Å². The summed E-state index contributed by atoms with van der Waals surface area (Å²) >= 11 is 0. The third-order valence-corrected chi connectivity index (χ3v) is 1.46. The SMILES string of the molecule is C#CCc1c(C)noc1C. The van der Waals surface area contributed by atoms with Crippen LogP contribution in [0.4, 0.5) is 0 Å². The maximum Gasteiger partial charge on any atom is 0.138 e. The molecule has 0 atom stereocenters. The van der Waals surface area contributed by atoms with E-state index < -0.39 is 0 Å². The zero-order valence-corrected chi connectivity index (χ0v) is 6.14. The Morgan fingerprint density at radius 1 is 1.60 bits per heavy atom. The molecule has 0 N–H and O–H groups in total. The van der Waals surface area contributed by atoms with E-state index >= 15 is 0 Å². The molecule has 52 valence electrons. The zero-order valence-electron chi connectivity index (χ0n) is 6.14. The van der Waals surface area contributed by atoms with Crippen LogP contribution in [-0.2, 0) is 6.42 Å². The van der Waals surface area contributed by atoms with Crippen LogP contribution in [0.15, 0.2) is 4.52 Å². The van der Waals surface area contributed by atoms with Crippen LogP contribution in [0.2, 0.25) is 0 Å². The predicted octanol–water partition coefficient (Wildman–Crippen LogP) is 1.47. The van der Waals surface area contributed by atoms with Crippen LogP contribution in [0.25, 0.3) is 0 Å². The van der Waals surface area contributed by atoms with E-state index in [2.05, 4.69) is 11.1 Å². The summed E-state index contributed by atoms with van der Waals surface area (Å²) in [6.45, 7) is 3.76. The molecule has 0 amide bonds. The maximum absolute atomic E-state index is 5.14. The van der Waals surface area contributed by atoms with Crippen molar-refractivity contribution in [2.24, 2.45) is 0 Å². The van der Waals surface area contributed by atoms with E-state index in [0.717, 1.165) is 17.0 Å². The summed E-state index contributed by atoms with van der Waals surface area (Å²) in [6, 6.07) is 0. The topological polar surface area (TPSA) is 26.0 Å². The Balaban J connectivity index is 3.01. The first-order chi connectivity index (χ1) is 4.75. The van der Waals surface area contributed by atoms with Crippen molar-refractivity contribution in [2.45, 2.75) is 20.3 Å². The van der Waals surface area contributed by atoms with Crippen LogP contribution < -0.4 is 0 Å². The highest BCUT2D eigenvalue weighted by atomic mass is 16.5. The molecule has 2 nitrogen and oxygen atoms in total. The lowest BCUT2D eigenvalue weighted by molar-refractivity contribution is 0.392. The number of hydrogen-bond acceptors (Lipinski definition) is 2. The third-order valence-electron chi connectivity index (χ3n) is 1.46. The van der Waals surface area contributed by atoms with Gasteiger partial charge in [-0.15, -0.1) is 12.3 Å². The smallest absolute Gasteiger partial charge is 0.138 e. The second-order valence-electron chi connectivity index (χ2n) is 2.18. The van der Waals surface area contributed by atoms with Gasteiger partial charge in [-0.3, -0.25) is 0 Å². The fraction of sp³-hybridized carbons (Fsp3) is 0.375. The Hall–Kier alpha value is -1.23. The fourth-order valence-electron chi connectivity index (χ4n) is 0.856. The average Bonchev–Trinajstić information content (AvgIpc) is 2.20. The van der Waals surface area contributed by atoms with Crippen LogP contribution in [0, 0.1) is 26.2 Å². The molecular formula is C8H9NO. The molecule has 0 aromatic carbocycles. The maximum atomic E-state index is 5.14. The van der Waals surface area contributed by atoms with Gasteiger partial charge in [-0.25, -0.2) is 0 Å². The number of nitrogens with zero attached hydrogens (tertiary/aromatic N) is 1. The second kappa shape index (κ2) is 2.57. The first-order valence-electron chi connectivity index (χ1n) is 3.11. The molecule has 0 spiro atoms. The van der Waals surface area contributed by atoms with Crippen molar-refractivity contribution in [2.75, 3.05) is 0 Å². The molecule has 0 fully saturated rings. The molecule has 0 aliphatic carbocycles. The van der Waals surface area contributed by atoms with Gasteiger partial charge in [-0.1, -0.05) is 5.16 Å². The number of hydrogen-bond donors (Lipinski definition) is 0. The van der Waals surface area contributed by atoms with Gasteiger partial charge >= 0.3 is 0 Å². The first kappa shape index (κ1) is 6.88. The second-order valence-corrected chi connectivity index (χ2v) is 2.18. The van der Waals surface area contributed by atoms with E-state index in [0.29, 0.717) is 6.42 Å². The summed E-state index contributed by atoms with van der Waals surface area (Å²) in [5.41, 5.74) is 1.94. The van der Waals surface area contributed by atoms with Crippen molar-refractivity contribution in [3.63, 3.8) is 0 Å². The lowest BCUT2D eigenvalue weighted by atomic mass is 10.1. The highest BCUT2D eigenvalue weighted by Crippen LogP contribution is 2.11. The molecule has 1 rings (SSSR count). The van der Waals surface area contributed by atoms with Crippen LogP contribution in [0.5, 0.6) is 0 Å². The minimum Gasteiger partial charge on any atom is -0.361 e. The van der Waals surface area contributed by atoms with Crippen molar-refractivity contribution in [1.82, 2.24) is 5.16 Å². The van der Waals surface area contributed by atoms with Gasteiger partial charge in [0.05, 0.1) is 5.69 Å². The fourth-order valence-corrected chi connectivity index (χ4v) is 0.856. The number of aryl methyl sites for hydroxylation is 2. The largest absolute Gasteiger partial charge is 0.361 e. The molecule has 1 heterocycles. The molecule has 2 heteroatoms. The molecule has 0 unspecified atom stereocenters. The van der Waals surface area contributed by atoms with Gasteiger partial charge in [-0.05, 0) is 13.8 Å². The monoisotopic (exact) mass is 135 g/mol. The van der Waals surface area contributed by atoms with Gasteiger partial charge < -0.3 is 4.52 Å². The van der Waals surface area contributed by atoms with Crippen LogP contribution in [0.1, 0.15) is 17.0 Å². The van der Waals surface area contributed by atoms with E-state index in [9.17, 15) is 0 Å². The van der Waals surface area contributed by atoms with Crippen LogP contribution in [0.3, 0.4) is 0 Å². The lowest BCUT2D eigenvalue weighted by Gasteiger charge is -1.88. The van der Waals surface area contributed by atoms with E-state index in [1.807, 2.05) is 13.8 Å². The highest BCUT2D eigenvalue weighted by Gasteiger charge is 2.05. The normalized spacial score (nSPS) is 9.30. The zero-order chi connectivity index (χ0) is 7.56. The van der Waals surface area contributed by atoms with E-state index in [-0.39, 0.29) is 0 Å². The Bertz CT molecular complexity index is 248. The highest BCUT2D eigenvalue weighted by molar-refractivity contribution is 5.24. The average molecular weight is 135 g/mol. The summed E-state index contributed by atoms with van der Waals surface area (Å²) in [5, 5.41) is 3.76. The summed E-state index contributed by atoms with van der Waals surface area (Å²) in [5.74, 6) is 3.38. The summed E-state index contributed by atoms with van der Waals surface area (Å²) in [6.07, 6.45) is 5.75. The Kier molecular flexibility index (Phi) is 1.77. The number of terminal acetylenes is 1. The molecule has 0 saturated heterocycles. The molecule has 0 radical (unpaired) electrons. The first-order valence-corrected chi connectivity index (χ1v) is 3.11. The summed E-state index contributed by atoms with van der Waals surface area (Å²) < 4.78 is 4.90. The Morgan fingerprint density at radius 3 is 2.70 bits per heavy atom. The molecule has 0 aliphatic rings. The summed E-state index contributed by atoms with van der Waals surface area (Å²) in [4.78, 5) is 0. The Morgan fingerprint density at radius 2 is 2.30 bits per heavy atom. The minimum atomic E-state index is 0.612. The van der Waals surface area contributed by atoms with Crippen LogP contribution in [-0.4, -0.2) is 5.16 Å². The molecule has 0 bridgehead atoms. The third kappa shape index (κ3) is 1.03. The molecule has 0 saturated carbocycles. The van der Waals surface area contributed by atoms with Gasteiger partial charge in [0.2, 0.25) is 0 Å². The quantitative estimate of drug-likeness (QED) is 0.545. The predicted molar refractivity (Wildman–Crippen MR) is 38.5 cm³/mol. The van der Waals surface area contributed by atoms with Crippen molar-refractivity contribution in [3.8, 4) is 12.3 Å². The molecule has 1 aromatic rings. The van der Waals surface area contributed by atoms with Gasteiger partial charge in [0.25, 0.3) is 0 Å². The summed E-state index contributed by atoms with van der Waals surface area (Å²) in [7, 11) is 0. The number of aromatic nitrogens is 1. The minimum absolute atomic E-state index is 0.612. The van der Waals surface area contributed by atoms with E-state index in [1.165, 1.54) is 0 Å². The van der Waals surface area contributed by atoms with Gasteiger partial charge in [0, 0.05) is 12.0 Å². The van der Waals surface area contributed by atoms with Crippen LogP contribution >= 0.6 is 0 Å². The Labute approximate surface area is 60.2 Å². The molecular weight excluding hydrogens is 126 g/mol. The van der Waals surface area contributed by atoms with Gasteiger partial charge in [0.15, 0.2) is 0 Å².